The molecular weight excluding hydrogens is 406 g/mol. The van der Waals surface area contributed by atoms with Crippen molar-refractivity contribution in [3.8, 4) is 22.8 Å². The number of fused-ring (bicyclic) bond motifs is 1. The third kappa shape index (κ3) is 3.24. The maximum absolute atomic E-state index is 9.91. The molecule has 0 saturated carbocycles. The number of phenolic OH excluding ortho intramolecular Hbond substituents is 1. The Morgan fingerprint density at radius 2 is 1.96 bits per heavy atom. The van der Waals surface area contributed by atoms with Gasteiger partial charge >= 0.3 is 0 Å². The molecule has 6 heteroatoms. The van der Waals surface area contributed by atoms with Crippen LogP contribution >= 0.6 is 15.9 Å². The molecule has 0 amide bonds. The minimum absolute atomic E-state index is 0.0991. The van der Waals surface area contributed by atoms with E-state index in [1.807, 2.05) is 47.0 Å². The Balaban J connectivity index is 1.88. The lowest BCUT2D eigenvalue weighted by atomic mass is 10.1. The van der Waals surface area contributed by atoms with Gasteiger partial charge in [0.05, 0.1) is 7.11 Å². The predicted molar refractivity (Wildman–Crippen MR) is 111 cm³/mol. The Morgan fingerprint density at radius 3 is 2.74 bits per heavy atom. The Morgan fingerprint density at radius 1 is 1.11 bits per heavy atom. The fraction of sp³-hybridized carbons (Fsp3) is 0.0952. The quantitative estimate of drug-likeness (QED) is 0.452. The van der Waals surface area contributed by atoms with Crippen LogP contribution < -0.4 is 10.1 Å². The van der Waals surface area contributed by atoms with Crippen LogP contribution in [-0.4, -0.2) is 21.6 Å². The Labute approximate surface area is 165 Å². The summed E-state index contributed by atoms with van der Waals surface area (Å²) in [6, 6.07) is 17.2. The number of methoxy groups -OCH3 is 1. The monoisotopic (exact) mass is 423 g/mol. The number of phenols is 1. The molecule has 5 nitrogen and oxygen atoms in total. The smallest absolute Gasteiger partial charge is 0.161 e. The van der Waals surface area contributed by atoms with Crippen molar-refractivity contribution in [2.45, 2.75) is 6.92 Å². The maximum atomic E-state index is 9.91. The second-order valence-corrected chi connectivity index (χ2v) is 7.07. The van der Waals surface area contributed by atoms with E-state index in [9.17, 15) is 5.11 Å². The summed E-state index contributed by atoms with van der Waals surface area (Å²) in [6.07, 6.45) is 1.97. The van der Waals surface area contributed by atoms with Crippen LogP contribution in [0, 0.1) is 6.92 Å². The molecule has 27 heavy (non-hydrogen) atoms. The average Bonchev–Trinajstić information content (AvgIpc) is 3.04. The van der Waals surface area contributed by atoms with Crippen LogP contribution in [0.4, 0.5) is 11.5 Å². The van der Waals surface area contributed by atoms with E-state index in [4.69, 9.17) is 9.72 Å². The minimum Gasteiger partial charge on any atom is -0.504 e. The molecule has 0 spiro atoms. The van der Waals surface area contributed by atoms with Crippen LogP contribution in [0.1, 0.15) is 5.56 Å². The van der Waals surface area contributed by atoms with E-state index in [0.29, 0.717) is 5.75 Å². The van der Waals surface area contributed by atoms with Gasteiger partial charge in [0.15, 0.2) is 11.5 Å². The Hall–Kier alpha value is -2.99. The number of rotatable bonds is 4. The third-order valence-electron chi connectivity index (χ3n) is 4.42. The van der Waals surface area contributed by atoms with Crippen LogP contribution in [-0.2, 0) is 0 Å². The summed E-state index contributed by atoms with van der Waals surface area (Å²) in [5.41, 5.74) is 4.57. The first kappa shape index (κ1) is 17.4. The molecule has 0 aliphatic carbocycles. The van der Waals surface area contributed by atoms with E-state index < -0.39 is 0 Å². The number of hydrogen-bond donors (Lipinski definition) is 2. The lowest BCUT2D eigenvalue weighted by Gasteiger charge is -2.11. The van der Waals surface area contributed by atoms with Crippen LogP contribution in [0.5, 0.6) is 11.5 Å². The second kappa shape index (κ2) is 6.96. The van der Waals surface area contributed by atoms with Crippen molar-refractivity contribution in [1.29, 1.82) is 0 Å². The topological polar surface area (TPSA) is 58.8 Å². The van der Waals surface area contributed by atoms with Gasteiger partial charge in [0.25, 0.3) is 0 Å². The number of benzene rings is 2. The Kier molecular flexibility index (Phi) is 4.49. The van der Waals surface area contributed by atoms with Crippen molar-refractivity contribution in [3.05, 3.63) is 70.8 Å². The number of pyridine rings is 1. The molecular formula is C21H18BrN3O2. The summed E-state index contributed by atoms with van der Waals surface area (Å²) >= 11 is 3.58. The van der Waals surface area contributed by atoms with Crippen LogP contribution in [0.3, 0.4) is 0 Å². The molecule has 2 aromatic heterocycles. The number of nitrogens with one attached hydrogen (secondary N) is 1. The van der Waals surface area contributed by atoms with Gasteiger partial charge in [-0.1, -0.05) is 28.1 Å². The number of aryl methyl sites for hydroxylation is 1. The number of aromatic hydroxyl groups is 1. The van der Waals surface area contributed by atoms with E-state index >= 15 is 0 Å². The second-order valence-electron chi connectivity index (χ2n) is 6.21. The van der Waals surface area contributed by atoms with E-state index in [0.717, 1.165) is 32.9 Å². The van der Waals surface area contributed by atoms with Crippen molar-refractivity contribution in [3.63, 3.8) is 0 Å². The highest BCUT2D eigenvalue weighted by molar-refractivity contribution is 9.10. The number of halogens is 1. The first-order chi connectivity index (χ1) is 13.1. The van der Waals surface area contributed by atoms with Crippen molar-refractivity contribution < 1.29 is 9.84 Å². The van der Waals surface area contributed by atoms with Gasteiger partial charge in [-0.15, -0.1) is 0 Å². The summed E-state index contributed by atoms with van der Waals surface area (Å²) in [5, 5.41) is 13.4. The zero-order valence-electron chi connectivity index (χ0n) is 14.9. The van der Waals surface area contributed by atoms with Gasteiger partial charge in [0, 0.05) is 21.9 Å². The zero-order chi connectivity index (χ0) is 19.0. The number of ether oxygens (including phenoxy) is 1. The van der Waals surface area contributed by atoms with Gasteiger partial charge in [0.2, 0.25) is 0 Å². The maximum Gasteiger partial charge on any atom is 0.161 e. The lowest BCUT2D eigenvalue weighted by molar-refractivity contribution is 0.373. The van der Waals surface area contributed by atoms with Crippen LogP contribution in [0.2, 0.25) is 0 Å². The molecule has 0 atom stereocenters. The molecule has 0 aliphatic rings. The van der Waals surface area contributed by atoms with Gasteiger partial charge < -0.3 is 15.2 Å². The van der Waals surface area contributed by atoms with Crippen molar-refractivity contribution >= 4 is 33.1 Å². The number of aromatic nitrogens is 2. The molecule has 2 N–H and O–H groups in total. The van der Waals surface area contributed by atoms with E-state index in [-0.39, 0.29) is 5.75 Å². The zero-order valence-corrected chi connectivity index (χ0v) is 16.5. The molecule has 2 aromatic carbocycles. The fourth-order valence-electron chi connectivity index (χ4n) is 2.95. The molecule has 0 unspecified atom stereocenters. The highest BCUT2D eigenvalue weighted by Gasteiger charge is 2.16. The molecule has 4 rings (SSSR count). The molecule has 2 heterocycles. The van der Waals surface area contributed by atoms with Gasteiger partial charge in [-0.25, -0.2) is 4.98 Å². The molecule has 4 aromatic rings. The van der Waals surface area contributed by atoms with Crippen molar-refractivity contribution in [1.82, 2.24) is 9.38 Å². The Bertz CT molecular complexity index is 1140. The molecule has 0 saturated heterocycles. The first-order valence-electron chi connectivity index (χ1n) is 8.44. The van der Waals surface area contributed by atoms with Crippen molar-refractivity contribution in [2.75, 3.05) is 12.4 Å². The number of anilines is 2. The normalized spacial score (nSPS) is 10.9. The van der Waals surface area contributed by atoms with E-state index in [1.54, 1.807) is 12.1 Å². The summed E-state index contributed by atoms with van der Waals surface area (Å²) in [4.78, 5) is 4.78. The molecule has 136 valence electrons. The highest BCUT2D eigenvalue weighted by atomic mass is 79.9. The molecule has 0 fully saturated rings. The highest BCUT2D eigenvalue weighted by Crippen LogP contribution is 2.36. The van der Waals surface area contributed by atoms with Gasteiger partial charge in [-0.2, -0.15) is 0 Å². The number of imidazole rings is 1. The largest absolute Gasteiger partial charge is 0.504 e. The molecule has 0 aliphatic heterocycles. The number of nitrogens with zero attached hydrogens (tertiary/aromatic N) is 2. The SMILES string of the molecule is COc1cc(-c2nc3ccccn3c2Nc2ccc(C)c(Br)c2)ccc1O. The van der Waals surface area contributed by atoms with Crippen LogP contribution in [0.15, 0.2) is 65.3 Å². The third-order valence-corrected chi connectivity index (χ3v) is 5.27. The minimum atomic E-state index is 0.0991. The van der Waals surface area contributed by atoms with E-state index in [2.05, 4.69) is 34.2 Å². The number of hydrogen-bond acceptors (Lipinski definition) is 4. The summed E-state index contributed by atoms with van der Waals surface area (Å²) in [7, 11) is 1.53. The summed E-state index contributed by atoms with van der Waals surface area (Å²) in [5.74, 6) is 1.35. The fourth-order valence-corrected chi connectivity index (χ4v) is 3.33. The van der Waals surface area contributed by atoms with E-state index in [1.165, 1.54) is 12.7 Å². The molecule has 0 radical (unpaired) electrons. The summed E-state index contributed by atoms with van der Waals surface area (Å²) < 4.78 is 8.30. The van der Waals surface area contributed by atoms with Gasteiger partial charge in [-0.05, 0) is 55.0 Å². The lowest BCUT2D eigenvalue weighted by Crippen LogP contribution is -1.97. The van der Waals surface area contributed by atoms with Crippen molar-refractivity contribution in [2.24, 2.45) is 0 Å². The first-order valence-corrected chi connectivity index (χ1v) is 9.24. The standard InChI is InChI=1S/C21H18BrN3O2/c1-13-6-8-15(12-16(13)22)23-21-20(24-19-5-3-4-10-25(19)21)14-7-9-17(26)18(11-14)27-2/h3-12,23,26H,1-2H3. The summed E-state index contributed by atoms with van der Waals surface area (Å²) in [6.45, 7) is 2.05. The van der Waals surface area contributed by atoms with Gasteiger partial charge in [-0.3, -0.25) is 4.40 Å². The van der Waals surface area contributed by atoms with Crippen LogP contribution in [0.25, 0.3) is 16.9 Å². The average molecular weight is 424 g/mol. The van der Waals surface area contributed by atoms with Gasteiger partial charge in [0.1, 0.15) is 17.2 Å². The molecule has 0 bridgehead atoms. The predicted octanol–water partition coefficient (Wildman–Crippen LogP) is 5.53.